The fourth-order valence-corrected chi connectivity index (χ4v) is 1.79. The van der Waals surface area contributed by atoms with Crippen LogP contribution in [0.15, 0.2) is 0 Å². The average molecular weight is 171 g/mol. The Kier molecular flexibility index (Phi) is 4.62. The molecule has 1 aliphatic rings. The summed E-state index contributed by atoms with van der Waals surface area (Å²) in [6.07, 6.45) is 5.89. The normalized spacial score (nSPS) is 21.5. The fraction of sp³-hybridized carbons (Fsp3) is 1.00. The van der Waals surface area contributed by atoms with Gasteiger partial charge in [-0.25, -0.2) is 0 Å². The van der Waals surface area contributed by atoms with Crippen LogP contribution in [-0.4, -0.2) is 35.7 Å². The predicted octanol–water partition coefficient (Wildman–Crippen LogP) is 1.63. The molecule has 0 saturated carbocycles. The van der Waals surface area contributed by atoms with E-state index in [-0.39, 0.29) is 6.10 Å². The van der Waals surface area contributed by atoms with Crippen molar-refractivity contribution in [3.05, 3.63) is 0 Å². The van der Waals surface area contributed by atoms with Gasteiger partial charge in [0.1, 0.15) is 0 Å². The molecular formula is C10H21NO. The van der Waals surface area contributed by atoms with E-state index in [0.29, 0.717) is 0 Å². The molecule has 2 nitrogen and oxygen atoms in total. The van der Waals surface area contributed by atoms with Crippen molar-refractivity contribution in [1.29, 1.82) is 0 Å². The Labute approximate surface area is 75.6 Å². The number of hydrogen-bond acceptors (Lipinski definition) is 2. The van der Waals surface area contributed by atoms with Crippen LogP contribution in [0.1, 0.15) is 39.0 Å². The third-order valence-corrected chi connectivity index (χ3v) is 2.56. The monoisotopic (exact) mass is 171 g/mol. The summed E-state index contributed by atoms with van der Waals surface area (Å²) in [7, 11) is 0. The molecule has 0 spiro atoms. The first-order valence-corrected chi connectivity index (χ1v) is 5.23. The van der Waals surface area contributed by atoms with Crippen LogP contribution in [0.2, 0.25) is 0 Å². The van der Waals surface area contributed by atoms with Gasteiger partial charge in [-0.1, -0.05) is 19.8 Å². The predicted molar refractivity (Wildman–Crippen MR) is 51.2 cm³/mol. The molecule has 1 fully saturated rings. The Morgan fingerprint density at radius 3 is 2.58 bits per heavy atom. The van der Waals surface area contributed by atoms with Crippen molar-refractivity contribution in [3.63, 3.8) is 0 Å². The van der Waals surface area contributed by atoms with Crippen LogP contribution in [-0.2, 0) is 0 Å². The van der Waals surface area contributed by atoms with Crippen LogP contribution in [0.4, 0.5) is 0 Å². The van der Waals surface area contributed by atoms with E-state index in [0.717, 1.165) is 19.4 Å². The molecule has 0 aromatic carbocycles. The molecule has 0 aliphatic carbocycles. The Bertz CT molecular complexity index is 110. The van der Waals surface area contributed by atoms with E-state index in [2.05, 4.69) is 11.8 Å². The van der Waals surface area contributed by atoms with Gasteiger partial charge in [0.05, 0.1) is 6.10 Å². The van der Waals surface area contributed by atoms with Gasteiger partial charge < -0.3 is 10.0 Å². The largest absolute Gasteiger partial charge is 0.392 e. The fourth-order valence-electron chi connectivity index (χ4n) is 1.79. The van der Waals surface area contributed by atoms with E-state index < -0.39 is 0 Å². The van der Waals surface area contributed by atoms with Gasteiger partial charge in [0.15, 0.2) is 0 Å². The van der Waals surface area contributed by atoms with E-state index >= 15 is 0 Å². The van der Waals surface area contributed by atoms with E-state index in [1.54, 1.807) is 0 Å². The van der Waals surface area contributed by atoms with Gasteiger partial charge in [0.25, 0.3) is 0 Å². The highest BCUT2D eigenvalue weighted by molar-refractivity contribution is 4.69. The van der Waals surface area contributed by atoms with Gasteiger partial charge in [-0.05, 0) is 32.4 Å². The summed E-state index contributed by atoms with van der Waals surface area (Å²) in [5.41, 5.74) is 0. The highest BCUT2D eigenvalue weighted by Gasteiger charge is 2.14. The number of β-amino-alcohol motifs (C(OH)–C–C–N with tert-alkyl or cyclic N) is 1. The van der Waals surface area contributed by atoms with Gasteiger partial charge in [-0.3, -0.25) is 0 Å². The number of rotatable bonds is 5. The highest BCUT2D eigenvalue weighted by Crippen LogP contribution is 2.09. The Hall–Kier alpha value is -0.0800. The number of unbranched alkanes of at least 4 members (excludes halogenated alkanes) is 1. The summed E-state index contributed by atoms with van der Waals surface area (Å²) in [4.78, 5) is 2.38. The standard InChI is InChI=1S/C10H21NO/c1-2-3-6-10(12)9-11-7-4-5-8-11/h10,12H,2-9H2,1H3. The molecule has 12 heavy (non-hydrogen) atoms. The van der Waals surface area contributed by atoms with E-state index in [4.69, 9.17) is 0 Å². The molecule has 0 aromatic rings. The number of nitrogens with zero attached hydrogens (tertiary/aromatic N) is 1. The molecule has 1 aliphatic heterocycles. The maximum Gasteiger partial charge on any atom is 0.0667 e. The third kappa shape index (κ3) is 3.55. The summed E-state index contributed by atoms with van der Waals surface area (Å²) >= 11 is 0. The molecule has 1 atom stereocenters. The SMILES string of the molecule is CCCCC(O)CN1CCCC1. The minimum atomic E-state index is -0.0805. The van der Waals surface area contributed by atoms with Crippen LogP contribution in [0.3, 0.4) is 0 Å². The minimum absolute atomic E-state index is 0.0805. The summed E-state index contributed by atoms with van der Waals surface area (Å²) in [5, 5.41) is 9.60. The molecular weight excluding hydrogens is 150 g/mol. The average Bonchev–Trinajstić information content (AvgIpc) is 2.53. The van der Waals surface area contributed by atoms with E-state index in [9.17, 15) is 5.11 Å². The molecule has 1 saturated heterocycles. The van der Waals surface area contributed by atoms with Crippen LogP contribution in [0.25, 0.3) is 0 Å². The van der Waals surface area contributed by atoms with Crippen LogP contribution < -0.4 is 0 Å². The highest BCUT2D eigenvalue weighted by atomic mass is 16.3. The number of likely N-dealkylation sites (tertiary alicyclic amines) is 1. The van der Waals surface area contributed by atoms with Gasteiger partial charge in [0, 0.05) is 6.54 Å². The molecule has 72 valence electrons. The lowest BCUT2D eigenvalue weighted by atomic mass is 10.1. The topological polar surface area (TPSA) is 23.5 Å². The molecule has 1 unspecified atom stereocenters. The smallest absolute Gasteiger partial charge is 0.0667 e. The zero-order valence-corrected chi connectivity index (χ0v) is 8.13. The molecule has 0 aromatic heterocycles. The quantitative estimate of drug-likeness (QED) is 0.679. The second kappa shape index (κ2) is 5.55. The zero-order valence-electron chi connectivity index (χ0n) is 8.13. The minimum Gasteiger partial charge on any atom is -0.392 e. The molecule has 1 N–H and O–H groups in total. The van der Waals surface area contributed by atoms with Crippen LogP contribution in [0.5, 0.6) is 0 Å². The zero-order chi connectivity index (χ0) is 8.81. The Morgan fingerprint density at radius 2 is 2.00 bits per heavy atom. The summed E-state index contributed by atoms with van der Waals surface area (Å²) in [6.45, 7) is 5.47. The van der Waals surface area contributed by atoms with Crippen LogP contribution >= 0.6 is 0 Å². The van der Waals surface area contributed by atoms with E-state index in [1.807, 2.05) is 0 Å². The lowest BCUT2D eigenvalue weighted by Crippen LogP contribution is -2.29. The van der Waals surface area contributed by atoms with E-state index in [1.165, 1.54) is 32.4 Å². The number of hydrogen-bond donors (Lipinski definition) is 1. The van der Waals surface area contributed by atoms with Crippen molar-refractivity contribution in [1.82, 2.24) is 4.90 Å². The first kappa shape index (κ1) is 10.0. The lowest BCUT2D eigenvalue weighted by molar-refractivity contribution is 0.115. The number of aliphatic hydroxyl groups is 1. The second-order valence-electron chi connectivity index (χ2n) is 3.80. The molecule has 1 heterocycles. The van der Waals surface area contributed by atoms with Crippen molar-refractivity contribution in [2.24, 2.45) is 0 Å². The van der Waals surface area contributed by atoms with Gasteiger partial charge in [0.2, 0.25) is 0 Å². The Morgan fingerprint density at radius 1 is 1.33 bits per heavy atom. The molecule has 1 rings (SSSR count). The second-order valence-corrected chi connectivity index (χ2v) is 3.80. The van der Waals surface area contributed by atoms with Gasteiger partial charge in [-0.2, -0.15) is 0 Å². The summed E-state index contributed by atoms with van der Waals surface area (Å²) < 4.78 is 0. The molecule has 2 heteroatoms. The lowest BCUT2D eigenvalue weighted by Gasteiger charge is -2.18. The first-order valence-electron chi connectivity index (χ1n) is 5.23. The van der Waals surface area contributed by atoms with Crippen molar-refractivity contribution in [2.75, 3.05) is 19.6 Å². The summed E-state index contributed by atoms with van der Waals surface area (Å²) in [5.74, 6) is 0. The van der Waals surface area contributed by atoms with Crippen molar-refractivity contribution < 1.29 is 5.11 Å². The first-order chi connectivity index (χ1) is 5.83. The molecule has 0 amide bonds. The van der Waals surface area contributed by atoms with Gasteiger partial charge in [-0.15, -0.1) is 0 Å². The maximum atomic E-state index is 9.60. The van der Waals surface area contributed by atoms with Crippen LogP contribution in [0, 0.1) is 0 Å². The Balaban J connectivity index is 2.03. The van der Waals surface area contributed by atoms with Crippen molar-refractivity contribution in [3.8, 4) is 0 Å². The number of aliphatic hydroxyl groups excluding tert-OH is 1. The van der Waals surface area contributed by atoms with Gasteiger partial charge >= 0.3 is 0 Å². The third-order valence-electron chi connectivity index (χ3n) is 2.56. The van der Waals surface area contributed by atoms with Crippen molar-refractivity contribution in [2.45, 2.75) is 45.1 Å². The maximum absolute atomic E-state index is 9.60. The van der Waals surface area contributed by atoms with Crippen molar-refractivity contribution >= 4 is 0 Å². The molecule has 0 bridgehead atoms. The molecule has 0 radical (unpaired) electrons. The summed E-state index contributed by atoms with van der Waals surface area (Å²) in [6, 6.07) is 0.